The maximum Gasteiger partial charge on any atom is 0.410 e. The molecule has 1 saturated carbocycles. The summed E-state index contributed by atoms with van der Waals surface area (Å²) in [6.07, 6.45) is 3.70. The Morgan fingerprint density at radius 1 is 0.980 bits per heavy atom. The summed E-state index contributed by atoms with van der Waals surface area (Å²) in [6, 6.07) is 11.7. The summed E-state index contributed by atoms with van der Waals surface area (Å²) in [5.41, 5.74) is 2.07. The Bertz CT molecular complexity index is 1700. The Balaban J connectivity index is 1.03. The van der Waals surface area contributed by atoms with Crippen LogP contribution in [0.25, 0.3) is 4.85 Å². The van der Waals surface area contributed by atoms with Gasteiger partial charge in [-0.1, -0.05) is 57.2 Å². The standard InChI is InChI=1S/C40H49ClN4O4/c1-38(2,3)49-37(47)44-21-17-29(18-22-44)43-19-15-26(16-20-43)9-10-27-11-13-31-28(23-27)25-45(34(31)46)35-39(4,5)36(40(35,6)7)48-30-12-14-33(42-8)32(41)24-30/h11-14,23-24,26,29,35-36H,15-22,25H2,1-7H3. The summed E-state index contributed by atoms with van der Waals surface area (Å²) >= 11 is 6.29. The van der Waals surface area contributed by atoms with Gasteiger partial charge >= 0.3 is 6.09 Å². The van der Waals surface area contributed by atoms with Crippen molar-refractivity contribution in [2.24, 2.45) is 16.7 Å². The number of piperidine rings is 2. The number of amides is 2. The molecule has 6 rings (SSSR count). The second kappa shape index (κ2) is 13.2. The van der Waals surface area contributed by atoms with E-state index in [4.69, 9.17) is 27.6 Å². The van der Waals surface area contributed by atoms with Crippen LogP contribution in [0.5, 0.6) is 5.75 Å². The second-order valence-corrected chi connectivity index (χ2v) is 16.8. The van der Waals surface area contributed by atoms with Gasteiger partial charge in [-0.05, 0) is 95.4 Å². The molecular formula is C40H49ClN4O4. The molecule has 0 spiro atoms. The number of carbonyl (C=O) groups is 2. The molecule has 0 N–H and O–H groups in total. The van der Waals surface area contributed by atoms with Crippen molar-refractivity contribution in [2.75, 3.05) is 26.2 Å². The van der Waals surface area contributed by atoms with Crippen LogP contribution in [-0.2, 0) is 11.3 Å². The molecule has 3 fully saturated rings. The van der Waals surface area contributed by atoms with Crippen molar-refractivity contribution in [1.29, 1.82) is 0 Å². The third-order valence-electron chi connectivity index (χ3n) is 10.9. The third-order valence-corrected chi connectivity index (χ3v) is 11.2. The number of hydrogen-bond acceptors (Lipinski definition) is 5. The monoisotopic (exact) mass is 684 g/mol. The van der Waals surface area contributed by atoms with Gasteiger partial charge in [0, 0.05) is 59.6 Å². The van der Waals surface area contributed by atoms with E-state index < -0.39 is 5.60 Å². The fourth-order valence-corrected chi connectivity index (χ4v) is 9.18. The minimum atomic E-state index is -0.467. The minimum absolute atomic E-state index is 0.0212. The van der Waals surface area contributed by atoms with Crippen molar-refractivity contribution >= 4 is 29.3 Å². The second-order valence-electron chi connectivity index (χ2n) is 16.4. The van der Waals surface area contributed by atoms with E-state index in [1.54, 1.807) is 18.2 Å². The van der Waals surface area contributed by atoms with Gasteiger partial charge in [-0.25, -0.2) is 9.64 Å². The van der Waals surface area contributed by atoms with Crippen LogP contribution >= 0.6 is 11.6 Å². The lowest BCUT2D eigenvalue weighted by Crippen LogP contribution is -2.74. The Hall–Kier alpha value is -3.72. The van der Waals surface area contributed by atoms with Crippen molar-refractivity contribution in [3.63, 3.8) is 0 Å². The lowest BCUT2D eigenvalue weighted by atomic mass is 9.49. The average Bonchev–Trinajstić information content (AvgIpc) is 3.35. The Morgan fingerprint density at radius 3 is 2.27 bits per heavy atom. The Labute approximate surface area is 296 Å². The van der Waals surface area contributed by atoms with E-state index in [1.807, 2.05) is 42.7 Å². The molecule has 2 aromatic carbocycles. The number of fused-ring (bicyclic) bond motifs is 1. The SMILES string of the molecule is [C-]#[N+]c1ccc(OC2C(C)(C)C(N3Cc4cc(C#CC5CCN(C6CCN(C(=O)OC(C)(C)C)CC6)CC5)ccc4C3=O)C2(C)C)cc1Cl. The molecule has 8 nitrogen and oxygen atoms in total. The highest BCUT2D eigenvalue weighted by atomic mass is 35.5. The molecule has 0 radical (unpaired) electrons. The molecule has 0 bridgehead atoms. The van der Waals surface area contributed by atoms with Gasteiger partial charge < -0.3 is 24.2 Å². The molecule has 9 heteroatoms. The van der Waals surface area contributed by atoms with Crippen LogP contribution in [0.2, 0.25) is 5.02 Å². The van der Waals surface area contributed by atoms with Gasteiger partial charge in [-0.2, -0.15) is 0 Å². The van der Waals surface area contributed by atoms with Crippen LogP contribution in [0.3, 0.4) is 0 Å². The molecule has 2 amide bonds. The molecule has 3 heterocycles. The van der Waals surface area contributed by atoms with Gasteiger partial charge in [0.15, 0.2) is 0 Å². The maximum absolute atomic E-state index is 13.7. The van der Waals surface area contributed by atoms with E-state index in [-0.39, 0.29) is 35.0 Å². The third kappa shape index (κ3) is 7.01. The summed E-state index contributed by atoms with van der Waals surface area (Å²) in [7, 11) is 0. The lowest BCUT2D eigenvalue weighted by Gasteiger charge is -2.65. The zero-order valence-corrected chi connectivity index (χ0v) is 30.7. The van der Waals surface area contributed by atoms with Gasteiger partial charge in [0.1, 0.15) is 17.5 Å². The molecule has 0 unspecified atom stereocenters. The number of rotatable bonds is 4. The molecular weight excluding hydrogens is 636 g/mol. The van der Waals surface area contributed by atoms with Gasteiger partial charge in [-0.3, -0.25) is 4.79 Å². The van der Waals surface area contributed by atoms with Crippen molar-refractivity contribution in [3.8, 4) is 17.6 Å². The molecule has 2 aromatic rings. The zero-order valence-electron chi connectivity index (χ0n) is 29.9. The molecule has 4 aliphatic rings. The Morgan fingerprint density at radius 2 is 1.65 bits per heavy atom. The predicted octanol–water partition coefficient (Wildman–Crippen LogP) is 8.19. The molecule has 260 valence electrons. The first-order valence-corrected chi connectivity index (χ1v) is 18.0. The summed E-state index contributed by atoms with van der Waals surface area (Å²) in [5, 5.41) is 0.377. The molecule has 1 aliphatic carbocycles. The van der Waals surface area contributed by atoms with Crippen LogP contribution in [0.1, 0.15) is 95.6 Å². The highest BCUT2D eigenvalue weighted by Gasteiger charge is 2.67. The largest absolute Gasteiger partial charge is 0.489 e. The van der Waals surface area contributed by atoms with Crippen LogP contribution in [0, 0.1) is 35.2 Å². The normalized spacial score (nSPS) is 23.9. The fraction of sp³-hybridized carbons (Fsp3) is 0.575. The van der Waals surface area contributed by atoms with E-state index in [1.165, 1.54) is 0 Å². The van der Waals surface area contributed by atoms with Crippen molar-refractivity contribution in [1.82, 2.24) is 14.7 Å². The number of likely N-dealkylation sites (tertiary alicyclic amines) is 2. The minimum Gasteiger partial charge on any atom is -0.489 e. The van der Waals surface area contributed by atoms with Gasteiger partial charge in [0.25, 0.3) is 5.91 Å². The lowest BCUT2D eigenvalue weighted by molar-refractivity contribution is -0.199. The van der Waals surface area contributed by atoms with Gasteiger partial charge in [0.2, 0.25) is 5.69 Å². The van der Waals surface area contributed by atoms with Gasteiger partial charge in [-0.15, -0.1) is 0 Å². The molecule has 0 atom stereocenters. The maximum atomic E-state index is 13.7. The average molecular weight is 685 g/mol. The van der Waals surface area contributed by atoms with Crippen molar-refractivity contribution in [3.05, 3.63) is 69.5 Å². The first-order chi connectivity index (χ1) is 23.1. The Kier molecular flexibility index (Phi) is 9.46. The number of nitrogens with zero attached hydrogens (tertiary/aromatic N) is 4. The summed E-state index contributed by atoms with van der Waals surface area (Å²) in [5.74, 6) is 8.03. The number of carbonyl (C=O) groups excluding carboxylic acids is 2. The molecule has 3 aliphatic heterocycles. The van der Waals surface area contributed by atoms with E-state index in [0.29, 0.717) is 35.0 Å². The van der Waals surface area contributed by atoms with Crippen LogP contribution in [-0.4, -0.2) is 76.7 Å². The van der Waals surface area contributed by atoms with Crippen LogP contribution in [0.4, 0.5) is 10.5 Å². The highest BCUT2D eigenvalue weighted by Crippen LogP contribution is 2.59. The first kappa shape index (κ1) is 35.1. The smallest absolute Gasteiger partial charge is 0.410 e. The van der Waals surface area contributed by atoms with Crippen molar-refractivity contribution in [2.45, 2.75) is 104 Å². The molecule has 49 heavy (non-hydrogen) atoms. The summed E-state index contributed by atoms with van der Waals surface area (Å²) in [4.78, 5) is 36.1. The molecule has 0 aromatic heterocycles. The van der Waals surface area contributed by atoms with E-state index in [2.05, 4.69) is 55.3 Å². The first-order valence-electron chi connectivity index (χ1n) is 17.6. The van der Waals surface area contributed by atoms with E-state index >= 15 is 0 Å². The topological polar surface area (TPSA) is 66.7 Å². The van der Waals surface area contributed by atoms with Crippen LogP contribution in [0.15, 0.2) is 36.4 Å². The van der Waals surface area contributed by atoms with Crippen molar-refractivity contribution < 1.29 is 19.1 Å². The van der Waals surface area contributed by atoms with E-state index in [0.717, 1.165) is 68.6 Å². The number of benzene rings is 2. The summed E-state index contributed by atoms with van der Waals surface area (Å²) in [6.45, 7) is 25.7. The predicted molar refractivity (Wildman–Crippen MR) is 192 cm³/mol. The number of hydrogen-bond donors (Lipinski definition) is 0. The van der Waals surface area contributed by atoms with Crippen LogP contribution < -0.4 is 4.74 Å². The fourth-order valence-electron chi connectivity index (χ4n) is 8.97. The number of halogens is 1. The molecule has 2 saturated heterocycles. The summed E-state index contributed by atoms with van der Waals surface area (Å²) < 4.78 is 12.0. The quantitative estimate of drug-likeness (QED) is 0.240. The zero-order chi connectivity index (χ0) is 35.3. The van der Waals surface area contributed by atoms with E-state index in [9.17, 15) is 9.59 Å². The van der Waals surface area contributed by atoms with Gasteiger partial charge in [0.05, 0.1) is 11.6 Å². The number of ether oxygens (including phenoxy) is 2. The highest BCUT2D eigenvalue weighted by molar-refractivity contribution is 6.33.